The van der Waals surface area contributed by atoms with Crippen LogP contribution in [-0.2, 0) is 28.4 Å². The number of carbonyl (C=O) groups is 1. The Morgan fingerprint density at radius 2 is 1.46 bits per heavy atom. The molecule has 3 saturated heterocycles. The molecule has 0 aromatic heterocycles. The van der Waals surface area contributed by atoms with Gasteiger partial charge in [0.15, 0.2) is 6.29 Å². The number of alkyl carbamates (subject to hydrolysis) is 1. The number of rotatable bonds is 12. The van der Waals surface area contributed by atoms with Crippen molar-refractivity contribution in [3.8, 4) is 0 Å². The van der Waals surface area contributed by atoms with Crippen LogP contribution >= 0.6 is 0 Å². The first kappa shape index (κ1) is 35.9. The van der Waals surface area contributed by atoms with E-state index in [-0.39, 0.29) is 6.42 Å². The summed E-state index contributed by atoms with van der Waals surface area (Å²) in [4.78, 5) is 11.9. The third-order valence-corrected chi connectivity index (χ3v) is 6.86. The smallest absolute Gasteiger partial charge is 0.407 e. The fraction of sp³-hybridized carbons (Fsp3) is 0.957. The fourth-order valence-corrected chi connectivity index (χ4v) is 4.53. The summed E-state index contributed by atoms with van der Waals surface area (Å²) in [5, 5.41) is 101. The first-order chi connectivity index (χ1) is 19.5. The molecular weight excluding hydrogens is 562 g/mol. The first-order valence-electron chi connectivity index (χ1n) is 13.1. The maximum Gasteiger partial charge on any atom is 0.407 e. The van der Waals surface area contributed by atoms with Crippen LogP contribution in [0.3, 0.4) is 0 Å². The van der Waals surface area contributed by atoms with E-state index >= 15 is 0 Å². The van der Waals surface area contributed by atoms with Crippen molar-refractivity contribution in [1.29, 1.82) is 0 Å². The highest BCUT2D eigenvalue weighted by molar-refractivity contribution is 5.67. The summed E-state index contributed by atoms with van der Waals surface area (Å²) in [6.45, 7) is -1.80. The minimum atomic E-state index is -2.44. The maximum atomic E-state index is 11.9. The Morgan fingerprint density at radius 1 is 0.878 bits per heavy atom. The number of aliphatic hydroxyl groups excluding tert-OH is 10. The number of ether oxygens (including phenoxy) is 6. The third kappa shape index (κ3) is 7.99. The molecule has 18 nitrogen and oxygen atoms in total. The number of carbonyl (C=O) groups excluding carboxylic acids is 1. The zero-order valence-electron chi connectivity index (χ0n) is 22.8. The first-order valence-corrected chi connectivity index (χ1v) is 13.1. The molecule has 0 bridgehead atoms. The van der Waals surface area contributed by atoms with Crippen LogP contribution in [-0.4, -0.2) is 177 Å². The van der Waals surface area contributed by atoms with E-state index in [1.54, 1.807) is 0 Å². The molecule has 0 spiro atoms. The second kappa shape index (κ2) is 15.9. The second-order valence-corrected chi connectivity index (χ2v) is 9.68. The van der Waals surface area contributed by atoms with Crippen LogP contribution < -0.4 is 5.32 Å². The standard InChI is InChI=1S/C22H39NO16.CH4O/c1-2-3-23-20(33)34-7-14-16(30)18(32)22(38-14,39-19-11(28)4-10(27)12(5-24)36-19)9-35-21(8-26)17(31)15(29)13(6-25)37-21;1-2/h10-19,24-32H,2-9H2,1H3,(H,23,33);2H,1H3/t10-,11?,12?,13+,14+,15-,16-,17?,18?,19+,21+,22-;/m0./s1. The lowest BCUT2D eigenvalue weighted by atomic mass is 10.0. The number of hydrogen-bond acceptors (Lipinski definition) is 17. The van der Waals surface area contributed by atoms with E-state index in [0.717, 1.165) is 7.11 Å². The molecule has 3 rings (SSSR count). The summed E-state index contributed by atoms with van der Waals surface area (Å²) in [6, 6.07) is 0. The summed E-state index contributed by atoms with van der Waals surface area (Å²) in [7, 11) is 1.00. The highest BCUT2D eigenvalue weighted by Crippen LogP contribution is 2.40. The van der Waals surface area contributed by atoms with Crippen molar-refractivity contribution >= 4 is 6.09 Å². The van der Waals surface area contributed by atoms with Gasteiger partial charge >= 0.3 is 6.09 Å². The van der Waals surface area contributed by atoms with Gasteiger partial charge in [0.2, 0.25) is 11.6 Å². The summed E-state index contributed by atoms with van der Waals surface area (Å²) < 4.78 is 32.8. The largest absolute Gasteiger partial charge is 0.447 e. The molecule has 3 fully saturated rings. The van der Waals surface area contributed by atoms with E-state index in [9.17, 15) is 50.8 Å². The van der Waals surface area contributed by atoms with Crippen molar-refractivity contribution in [2.45, 2.75) is 92.6 Å². The van der Waals surface area contributed by atoms with Gasteiger partial charge < -0.3 is 84.8 Å². The molecule has 18 heteroatoms. The third-order valence-electron chi connectivity index (χ3n) is 6.86. The molecular formula is C23H43NO17. The molecule has 0 saturated carbocycles. The Kier molecular flexibility index (Phi) is 13.9. The molecule has 3 heterocycles. The summed E-state index contributed by atoms with van der Waals surface area (Å²) >= 11 is 0. The maximum absolute atomic E-state index is 11.9. The molecule has 4 unspecified atom stereocenters. The van der Waals surface area contributed by atoms with Gasteiger partial charge in [-0.15, -0.1) is 0 Å². The Labute approximate surface area is 235 Å². The van der Waals surface area contributed by atoms with Crippen LogP contribution in [0.1, 0.15) is 19.8 Å². The summed E-state index contributed by atoms with van der Waals surface area (Å²) in [5.74, 6) is -4.77. The predicted molar refractivity (Wildman–Crippen MR) is 131 cm³/mol. The lowest BCUT2D eigenvalue weighted by Gasteiger charge is -2.42. The van der Waals surface area contributed by atoms with Crippen LogP contribution in [0.15, 0.2) is 0 Å². The molecule has 242 valence electrons. The van der Waals surface area contributed by atoms with E-state index in [1.165, 1.54) is 0 Å². The molecule has 12 atom stereocenters. The van der Waals surface area contributed by atoms with Gasteiger partial charge in [-0.25, -0.2) is 4.79 Å². The molecule has 0 aliphatic carbocycles. The van der Waals surface area contributed by atoms with Crippen LogP contribution in [0.5, 0.6) is 0 Å². The highest BCUT2D eigenvalue weighted by atomic mass is 16.8. The van der Waals surface area contributed by atoms with E-state index in [0.29, 0.717) is 13.0 Å². The number of hydrogen-bond donors (Lipinski definition) is 11. The van der Waals surface area contributed by atoms with Crippen LogP contribution in [0.2, 0.25) is 0 Å². The van der Waals surface area contributed by atoms with E-state index in [4.69, 9.17) is 33.5 Å². The van der Waals surface area contributed by atoms with E-state index in [1.807, 2.05) is 6.92 Å². The quantitative estimate of drug-likeness (QED) is 0.0987. The van der Waals surface area contributed by atoms with Gasteiger partial charge in [0.25, 0.3) is 0 Å². The monoisotopic (exact) mass is 605 g/mol. The molecule has 11 N–H and O–H groups in total. The average molecular weight is 606 g/mol. The van der Waals surface area contributed by atoms with E-state index in [2.05, 4.69) is 5.32 Å². The molecule has 41 heavy (non-hydrogen) atoms. The Morgan fingerprint density at radius 3 is 2.02 bits per heavy atom. The number of amides is 1. The topological polar surface area (TPSA) is 287 Å². The van der Waals surface area contributed by atoms with Crippen molar-refractivity contribution in [2.24, 2.45) is 0 Å². The van der Waals surface area contributed by atoms with Crippen molar-refractivity contribution in [2.75, 3.05) is 46.7 Å². The molecule has 3 aliphatic rings. The fourth-order valence-electron chi connectivity index (χ4n) is 4.53. The van der Waals surface area contributed by atoms with Gasteiger partial charge in [0.1, 0.15) is 68.7 Å². The minimum absolute atomic E-state index is 0.303. The van der Waals surface area contributed by atoms with Crippen LogP contribution in [0, 0.1) is 0 Å². The Balaban J connectivity index is 0.00000287. The van der Waals surface area contributed by atoms with Gasteiger partial charge in [0, 0.05) is 20.1 Å². The molecule has 3 aliphatic heterocycles. The van der Waals surface area contributed by atoms with Gasteiger partial charge in [-0.1, -0.05) is 6.92 Å². The van der Waals surface area contributed by atoms with Crippen molar-refractivity contribution in [1.82, 2.24) is 5.32 Å². The summed E-state index contributed by atoms with van der Waals surface area (Å²) in [6.07, 6.45) is -16.2. The Bertz CT molecular complexity index is 795. The zero-order valence-corrected chi connectivity index (χ0v) is 22.8. The van der Waals surface area contributed by atoms with Gasteiger partial charge in [-0.2, -0.15) is 0 Å². The summed E-state index contributed by atoms with van der Waals surface area (Å²) in [5.41, 5.74) is 0. The second-order valence-electron chi connectivity index (χ2n) is 9.68. The molecule has 1 amide bonds. The van der Waals surface area contributed by atoms with Crippen molar-refractivity contribution < 1.29 is 84.3 Å². The number of aliphatic hydroxyl groups is 10. The minimum Gasteiger partial charge on any atom is -0.447 e. The van der Waals surface area contributed by atoms with Crippen LogP contribution in [0.25, 0.3) is 0 Å². The van der Waals surface area contributed by atoms with Gasteiger partial charge in [-0.3, -0.25) is 0 Å². The number of nitrogens with one attached hydrogen (secondary N) is 1. The lowest BCUT2D eigenvalue weighted by molar-refractivity contribution is -0.392. The Hall–Kier alpha value is -1.33. The molecule has 0 aromatic rings. The lowest BCUT2D eigenvalue weighted by Crippen LogP contribution is -2.59. The van der Waals surface area contributed by atoms with Crippen molar-refractivity contribution in [3.63, 3.8) is 0 Å². The van der Waals surface area contributed by atoms with Gasteiger partial charge in [0.05, 0.1) is 19.3 Å². The van der Waals surface area contributed by atoms with Gasteiger partial charge in [-0.05, 0) is 6.42 Å². The highest BCUT2D eigenvalue weighted by Gasteiger charge is 2.61. The van der Waals surface area contributed by atoms with Crippen molar-refractivity contribution in [3.05, 3.63) is 0 Å². The molecule has 0 radical (unpaired) electrons. The zero-order chi connectivity index (χ0) is 31.0. The SMILES string of the molecule is CCCNC(=O)OC[C@H]1O[C@@](CO[C@]2(CO)O[C@H](CO)[C@H](O)C2O)(O[C@H]2OC(CO)[C@@H](O)CC2O)C(O)[C@H]1O.CO. The van der Waals surface area contributed by atoms with E-state index < -0.39 is 112 Å². The normalized spacial score (nSPS) is 42.4. The molecule has 0 aromatic carbocycles. The van der Waals surface area contributed by atoms with Crippen LogP contribution in [0.4, 0.5) is 4.79 Å². The predicted octanol–water partition coefficient (Wildman–Crippen LogP) is -5.79. The average Bonchev–Trinajstić information content (AvgIpc) is 3.36.